The van der Waals surface area contributed by atoms with Crippen LogP contribution in [0.4, 0.5) is 16.3 Å². The van der Waals surface area contributed by atoms with Crippen LogP contribution in [0, 0.1) is 0 Å². The summed E-state index contributed by atoms with van der Waals surface area (Å²) in [5.41, 5.74) is 2.10. The van der Waals surface area contributed by atoms with Crippen molar-refractivity contribution in [3.05, 3.63) is 244 Å². The third kappa shape index (κ3) is 9.83. The number of hydrogen-bond donors (Lipinski definition) is 3. The zero-order chi connectivity index (χ0) is 50.1. The van der Waals surface area contributed by atoms with Crippen molar-refractivity contribution < 1.29 is 43.1 Å². The third-order valence-corrected chi connectivity index (χ3v) is 12.9. The van der Waals surface area contributed by atoms with Crippen LogP contribution in [0.2, 0.25) is 0 Å². The Bertz CT molecular complexity index is 2990. The lowest BCUT2D eigenvalue weighted by molar-refractivity contribution is -0.0960. The minimum atomic E-state index is -1.58. The molecule has 7 aromatic carbocycles. The number of nitrogens with one attached hydrogen (secondary N) is 2. The molecule has 1 saturated heterocycles. The predicted octanol–water partition coefficient (Wildman–Crippen LogP) is 9.57. The van der Waals surface area contributed by atoms with Crippen molar-refractivity contribution >= 4 is 17.6 Å². The number of nitrogens with zero attached hydrogens (tertiary/aromatic N) is 2. The normalized spacial score (nSPS) is 16.6. The summed E-state index contributed by atoms with van der Waals surface area (Å²) in [6.07, 6.45) is -4.79. The molecule has 72 heavy (non-hydrogen) atoms. The average molecular weight is 967 g/mol. The second-order valence-electron chi connectivity index (χ2n) is 16.9. The molecule has 1 amide bonds. The standard InChI is InChI=1S/C58H54N4O10/c1-66-46-28-20-40(21-29-46)57(39-14-8-5-9-15-39,41-22-30-47(67-2)31-23-41)61-51-36-37-62(55(64)60-51)54-52(63)53(72-56(65)59-45-18-12-7-13-19-45)50(71-54)38-70-58(42-16-10-6-11-17-42,43-24-32-48(68-3)33-25-43)44-26-34-49(69-4)35-27-44/h5-37,50,52-54,63H,38H2,1-4H3,(H,59,65)(H,60,61,64)/t50-,52-,53-,54-/m1/s1. The number of rotatable bonds is 18. The number of ether oxygens (including phenoxy) is 7. The molecule has 0 spiro atoms. The van der Waals surface area contributed by atoms with E-state index >= 15 is 0 Å². The maximum Gasteiger partial charge on any atom is 0.412 e. The molecule has 3 N–H and O–H groups in total. The van der Waals surface area contributed by atoms with Gasteiger partial charge in [0.2, 0.25) is 0 Å². The van der Waals surface area contributed by atoms with Crippen LogP contribution in [0.5, 0.6) is 23.0 Å². The maximum absolute atomic E-state index is 14.5. The van der Waals surface area contributed by atoms with Crippen LogP contribution in [0.1, 0.15) is 39.6 Å². The van der Waals surface area contributed by atoms with Crippen LogP contribution in [0.25, 0.3) is 0 Å². The number of aliphatic hydroxyl groups is 1. The first-order valence-electron chi connectivity index (χ1n) is 23.3. The van der Waals surface area contributed by atoms with Gasteiger partial charge in [0.25, 0.3) is 0 Å². The van der Waals surface area contributed by atoms with Gasteiger partial charge in [-0.05, 0) is 100 Å². The molecule has 1 aliphatic heterocycles. The number of anilines is 2. The highest BCUT2D eigenvalue weighted by molar-refractivity contribution is 5.84. The fraction of sp³-hybridized carbons (Fsp3) is 0.190. The molecule has 1 fully saturated rings. The fourth-order valence-electron chi connectivity index (χ4n) is 9.26. The summed E-state index contributed by atoms with van der Waals surface area (Å²) in [5, 5.41) is 18.6. The van der Waals surface area contributed by atoms with Gasteiger partial charge in [-0.1, -0.05) is 127 Å². The Morgan fingerprint density at radius 2 is 1.00 bits per heavy atom. The van der Waals surface area contributed by atoms with E-state index in [9.17, 15) is 14.7 Å². The summed E-state index contributed by atoms with van der Waals surface area (Å²) in [7, 11) is 6.41. The fourth-order valence-corrected chi connectivity index (χ4v) is 9.26. The van der Waals surface area contributed by atoms with Gasteiger partial charge in [-0.15, -0.1) is 0 Å². The summed E-state index contributed by atoms with van der Waals surface area (Å²) in [6, 6.07) is 60.3. The number of methoxy groups -OCH3 is 4. The number of benzene rings is 7. The van der Waals surface area contributed by atoms with E-state index in [0.29, 0.717) is 28.7 Å². The SMILES string of the molecule is COc1ccc(C(Nc2ccn([C@@H]3O[C@H](COC(c4ccccc4)(c4ccc(OC)cc4)c4ccc(OC)cc4)[C@@H](OC(=O)Nc4ccccc4)[C@H]3O)c(=O)n2)(c2ccccc2)c2ccc(OC)cc2)cc1. The Kier molecular flexibility index (Phi) is 14.6. The van der Waals surface area contributed by atoms with Gasteiger partial charge in [0.1, 0.15) is 52.2 Å². The lowest BCUT2D eigenvalue weighted by Crippen LogP contribution is -2.42. The highest BCUT2D eigenvalue weighted by Gasteiger charge is 2.50. The van der Waals surface area contributed by atoms with Gasteiger partial charge < -0.3 is 43.6 Å². The molecule has 0 radical (unpaired) electrons. The van der Waals surface area contributed by atoms with E-state index in [1.54, 1.807) is 58.8 Å². The summed E-state index contributed by atoms with van der Waals surface area (Å²) < 4.78 is 43.2. The average Bonchev–Trinajstić information content (AvgIpc) is 3.74. The van der Waals surface area contributed by atoms with Crippen molar-refractivity contribution in [2.24, 2.45) is 0 Å². The summed E-state index contributed by atoms with van der Waals surface area (Å²) in [5.74, 6) is 2.85. The van der Waals surface area contributed by atoms with Crippen molar-refractivity contribution in [1.29, 1.82) is 0 Å². The van der Waals surface area contributed by atoms with Crippen molar-refractivity contribution in [3.8, 4) is 23.0 Å². The van der Waals surface area contributed by atoms with E-state index in [2.05, 4.69) is 15.6 Å². The Balaban J connectivity index is 1.10. The minimum Gasteiger partial charge on any atom is -0.497 e. The van der Waals surface area contributed by atoms with Crippen LogP contribution in [-0.2, 0) is 25.4 Å². The summed E-state index contributed by atoms with van der Waals surface area (Å²) in [4.78, 5) is 32.8. The molecule has 1 aliphatic rings. The first-order valence-corrected chi connectivity index (χ1v) is 23.3. The van der Waals surface area contributed by atoms with Gasteiger partial charge in [0, 0.05) is 11.9 Å². The van der Waals surface area contributed by atoms with Crippen molar-refractivity contribution in [3.63, 3.8) is 0 Å². The topological polar surface area (TPSA) is 161 Å². The molecular formula is C58H54N4O10. The number of aromatic nitrogens is 2. The summed E-state index contributed by atoms with van der Waals surface area (Å²) in [6.45, 7) is -0.241. The van der Waals surface area contributed by atoms with Crippen LogP contribution < -0.4 is 35.3 Å². The molecule has 0 bridgehead atoms. The molecule has 4 atom stereocenters. The van der Waals surface area contributed by atoms with E-state index in [4.69, 9.17) is 33.2 Å². The van der Waals surface area contributed by atoms with Crippen LogP contribution in [0.3, 0.4) is 0 Å². The number of carbonyl (C=O) groups excluding carboxylic acids is 1. The molecule has 0 saturated carbocycles. The lowest BCUT2D eigenvalue weighted by atomic mass is 9.77. The number of aliphatic hydroxyl groups excluding tert-OH is 1. The zero-order valence-electron chi connectivity index (χ0n) is 40.1. The van der Waals surface area contributed by atoms with Gasteiger partial charge >= 0.3 is 11.8 Å². The second kappa shape index (κ2) is 21.7. The predicted molar refractivity (Wildman–Crippen MR) is 273 cm³/mol. The van der Waals surface area contributed by atoms with E-state index < -0.39 is 47.5 Å². The van der Waals surface area contributed by atoms with Gasteiger partial charge in [0.05, 0.1) is 35.0 Å². The van der Waals surface area contributed by atoms with Gasteiger partial charge in [0.15, 0.2) is 12.3 Å². The molecule has 14 nitrogen and oxygen atoms in total. The second-order valence-corrected chi connectivity index (χ2v) is 16.9. The van der Waals surface area contributed by atoms with Crippen molar-refractivity contribution in [2.45, 2.75) is 35.7 Å². The molecular weight excluding hydrogens is 913 g/mol. The molecule has 14 heteroatoms. The smallest absolute Gasteiger partial charge is 0.412 e. The maximum atomic E-state index is 14.5. The Morgan fingerprint density at radius 1 is 0.583 bits per heavy atom. The molecule has 9 rings (SSSR count). The van der Waals surface area contributed by atoms with Crippen LogP contribution in [-0.4, -0.2) is 74.1 Å². The van der Waals surface area contributed by atoms with Gasteiger partial charge in [-0.3, -0.25) is 9.88 Å². The van der Waals surface area contributed by atoms with E-state index in [0.717, 1.165) is 33.4 Å². The van der Waals surface area contributed by atoms with E-state index in [1.165, 1.54) is 10.8 Å². The molecule has 0 aliphatic carbocycles. The third-order valence-electron chi connectivity index (χ3n) is 12.9. The van der Waals surface area contributed by atoms with E-state index in [1.807, 2.05) is 164 Å². The highest BCUT2D eigenvalue weighted by atomic mass is 16.6. The van der Waals surface area contributed by atoms with Gasteiger partial charge in [-0.25, -0.2) is 9.59 Å². The van der Waals surface area contributed by atoms with E-state index in [-0.39, 0.29) is 12.4 Å². The Hall–Kier alpha value is -8.43. The van der Waals surface area contributed by atoms with Crippen molar-refractivity contribution in [2.75, 3.05) is 45.7 Å². The van der Waals surface area contributed by atoms with Crippen LogP contribution in [0.15, 0.2) is 205 Å². The molecule has 2 heterocycles. The number of hydrogen-bond acceptors (Lipinski definition) is 12. The molecule has 366 valence electrons. The molecule has 0 unspecified atom stereocenters. The zero-order valence-corrected chi connectivity index (χ0v) is 40.1. The Labute approximate surface area is 417 Å². The first-order chi connectivity index (χ1) is 35.2. The lowest BCUT2D eigenvalue weighted by Gasteiger charge is -2.37. The van der Waals surface area contributed by atoms with Gasteiger partial charge in [-0.2, -0.15) is 4.98 Å². The number of carbonyl (C=O) groups is 1. The number of amides is 1. The Morgan fingerprint density at radius 3 is 1.46 bits per heavy atom. The minimum absolute atomic E-state index is 0.223. The highest BCUT2D eigenvalue weighted by Crippen LogP contribution is 2.44. The summed E-state index contributed by atoms with van der Waals surface area (Å²) >= 11 is 0. The van der Waals surface area contributed by atoms with Crippen LogP contribution >= 0.6 is 0 Å². The molecule has 1 aromatic heterocycles. The quantitative estimate of drug-likeness (QED) is 0.0700. The monoisotopic (exact) mass is 966 g/mol. The van der Waals surface area contributed by atoms with Crippen molar-refractivity contribution in [1.82, 2.24) is 9.55 Å². The number of para-hydroxylation sites is 1. The molecule has 8 aromatic rings. The largest absolute Gasteiger partial charge is 0.497 e. The first kappa shape index (κ1) is 48.6.